The predicted octanol–water partition coefficient (Wildman–Crippen LogP) is 0.727. The van der Waals surface area contributed by atoms with Gasteiger partial charge < -0.3 is 15.5 Å². The number of urea groups is 1. The second-order valence-electron chi connectivity index (χ2n) is 4.29. The first-order valence-electron chi connectivity index (χ1n) is 5.29. The lowest BCUT2D eigenvalue weighted by molar-refractivity contribution is 0.191. The Morgan fingerprint density at radius 3 is 2.64 bits per heavy atom. The van der Waals surface area contributed by atoms with E-state index in [9.17, 15) is 4.79 Å². The van der Waals surface area contributed by atoms with Gasteiger partial charge in [0.15, 0.2) is 0 Å². The average molecular weight is 199 g/mol. The van der Waals surface area contributed by atoms with Gasteiger partial charge in [-0.2, -0.15) is 0 Å². The van der Waals surface area contributed by atoms with Gasteiger partial charge >= 0.3 is 6.03 Å². The molecule has 0 radical (unpaired) electrons. The summed E-state index contributed by atoms with van der Waals surface area (Å²) in [5, 5.41) is 0. The Kier molecular flexibility index (Phi) is 3.75. The molecule has 1 atom stereocenters. The number of nitrogens with two attached hydrogens (primary N) is 1. The van der Waals surface area contributed by atoms with E-state index in [-0.39, 0.29) is 6.03 Å². The van der Waals surface area contributed by atoms with Crippen LogP contribution in [0.1, 0.15) is 20.3 Å². The first-order valence-corrected chi connectivity index (χ1v) is 5.29. The molecule has 1 aliphatic heterocycles. The van der Waals surface area contributed by atoms with Crippen LogP contribution in [-0.2, 0) is 0 Å². The van der Waals surface area contributed by atoms with Gasteiger partial charge in [-0.1, -0.05) is 13.8 Å². The predicted molar refractivity (Wildman–Crippen MR) is 57.0 cm³/mol. The fraction of sp³-hybridized carbons (Fsp3) is 0.900. The van der Waals surface area contributed by atoms with Crippen LogP contribution in [0.2, 0.25) is 0 Å². The van der Waals surface area contributed by atoms with Crippen LogP contribution in [0.3, 0.4) is 0 Å². The Morgan fingerprint density at radius 1 is 1.57 bits per heavy atom. The Hall–Kier alpha value is -0.770. The topological polar surface area (TPSA) is 49.6 Å². The maximum atomic E-state index is 11.7. The van der Waals surface area contributed by atoms with Crippen molar-refractivity contribution in [2.75, 3.05) is 26.7 Å². The molecule has 1 heterocycles. The van der Waals surface area contributed by atoms with Crippen LogP contribution >= 0.6 is 0 Å². The van der Waals surface area contributed by atoms with Crippen LogP contribution in [0, 0.1) is 5.92 Å². The number of carbonyl (C=O) groups excluding carboxylic acids is 1. The lowest BCUT2D eigenvalue weighted by Gasteiger charge is -2.20. The van der Waals surface area contributed by atoms with Crippen molar-refractivity contribution in [3.05, 3.63) is 0 Å². The largest absolute Gasteiger partial charge is 0.330 e. The highest BCUT2D eigenvalue weighted by Crippen LogP contribution is 2.19. The van der Waals surface area contributed by atoms with Crippen molar-refractivity contribution in [1.29, 1.82) is 0 Å². The van der Waals surface area contributed by atoms with Crippen molar-refractivity contribution in [2.45, 2.75) is 26.3 Å². The smallest absolute Gasteiger partial charge is 0.320 e. The lowest BCUT2D eigenvalue weighted by atomic mass is 10.0. The molecule has 0 aromatic carbocycles. The molecule has 14 heavy (non-hydrogen) atoms. The molecular weight excluding hydrogens is 178 g/mol. The first kappa shape index (κ1) is 11.3. The number of amides is 2. The zero-order valence-electron chi connectivity index (χ0n) is 9.36. The maximum Gasteiger partial charge on any atom is 0.320 e. The molecule has 4 heteroatoms. The van der Waals surface area contributed by atoms with E-state index in [2.05, 4.69) is 13.8 Å². The number of rotatable bonds is 4. The van der Waals surface area contributed by atoms with Crippen molar-refractivity contribution in [1.82, 2.24) is 9.80 Å². The summed E-state index contributed by atoms with van der Waals surface area (Å²) in [5.41, 5.74) is 5.43. The van der Waals surface area contributed by atoms with Gasteiger partial charge in [-0.05, 0) is 18.9 Å². The van der Waals surface area contributed by atoms with Crippen LogP contribution in [0.15, 0.2) is 0 Å². The summed E-state index contributed by atoms with van der Waals surface area (Å²) in [6.07, 6.45) is 0.893. The van der Waals surface area contributed by atoms with Crippen molar-refractivity contribution in [3.8, 4) is 0 Å². The van der Waals surface area contributed by atoms with Crippen LogP contribution in [-0.4, -0.2) is 48.6 Å². The molecule has 2 N–H and O–H groups in total. The molecule has 0 bridgehead atoms. The molecule has 1 aliphatic rings. The SMILES string of the molecule is CC(C)C1CN(CCCN)C(=O)N1C. The summed E-state index contributed by atoms with van der Waals surface area (Å²) >= 11 is 0. The highest BCUT2D eigenvalue weighted by molar-refractivity contribution is 5.76. The maximum absolute atomic E-state index is 11.7. The van der Waals surface area contributed by atoms with Gasteiger partial charge in [-0.25, -0.2) is 4.79 Å². The molecular formula is C10H21N3O. The van der Waals surface area contributed by atoms with E-state index in [1.54, 1.807) is 0 Å². The zero-order valence-corrected chi connectivity index (χ0v) is 9.36. The van der Waals surface area contributed by atoms with E-state index >= 15 is 0 Å². The molecule has 0 aromatic rings. The molecule has 0 aliphatic carbocycles. The zero-order chi connectivity index (χ0) is 10.7. The minimum absolute atomic E-state index is 0.150. The van der Waals surface area contributed by atoms with E-state index in [1.807, 2.05) is 16.8 Å². The second-order valence-corrected chi connectivity index (χ2v) is 4.29. The molecule has 1 unspecified atom stereocenters. The van der Waals surface area contributed by atoms with E-state index in [4.69, 9.17) is 5.73 Å². The van der Waals surface area contributed by atoms with Crippen LogP contribution in [0.4, 0.5) is 4.79 Å². The van der Waals surface area contributed by atoms with Gasteiger partial charge in [0.2, 0.25) is 0 Å². The lowest BCUT2D eigenvalue weighted by Crippen LogP contribution is -2.34. The van der Waals surface area contributed by atoms with Crippen molar-refractivity contribution >= 4 is 6.03 Å². The highest BCUT2D eigenvalue weighted by atomic mass is 16.2. The van der Waals surface area contributed by atoms with E-state index < -0.39 is 0 Å². The van der Waals surface area contributed by atoms with Gasteiger partial charge in [-0.15, -0.1) is 0 Å². The fourth-order valence-corrected chi connectivity index (χ4v) is 1.92. The van der Waals surface area contributed by atoms with Crippen LogP contribution in [0.25, 0.3) is 0 Å². The molecule has 4 nitrogen and oxygen atoms in total. The Balaban J connectivity index is 2.53. The standard InChI is InChI=1S/C10H21N3O/c1-8(2)9-7-13(6-4-5-11)10(14)12(9)3/h8-9H,4-7,11H2,1-3H3. The van der Waals surface area contributed by atoms with Crippen molar-refractivity contribution < 1.29 is 4.79 Å². The molecule has 82 valence electrons. The van der Waals surface area contributed by atoms with Crippen molar-refractivity contribution in [3.63, 3.8) is 0 Å². The molecule has 0 aromatic heterocycles. The third-order valence-corrected chi connectivity index (χ3v) is 2.88. The number of hydrogen-bond donors (Lipinski definition) is 1. The van der Waals surface area contributed by atoms with Gasteiger partial charge in [0.05, 0.1) is 6.04 Å². The monoisotopic (exact) mass is 199 g/mol. The second kappa shape index (κ2) is 4.64. The van der Waals surface area contributed by atoms with E-state index in [0.717, 1.165) is 19.5 Å². The molecule has 0 spiro atoms. The molecule has 1 rings (SSSR count). The fourth-order valence-electron chi connectivity index (χ4n) is 1.92. The van der Waals surface area contributed by atoms with Crippen molar-refractivity contribution in [2.24, 2.45) is 11.7 Å². The minimum Gasteiger partial charge on any atom is -0.330 e. The third-order valence-electron chi connectivity index (χ3n) is 2.88. The molecule has 0 saturated carbocycles. The van der Waals surface area contributed by atoms with Crippen LogP contribution in [0.5, 0.6) is 0 Å². The summed E-state index contributed by atoms with van der Waals surface area (Å²) in [6, 6.07) is 0.512. The molecule has 2 amide bonds. The van der Waals surface area contributed by atoms with E-state index in [0.29, 0.717) is 18.5 Å². The average Bonchev–Trinajstić information content (AvgIpc) is 2.42. The summed E-state index contributed by atoms with van der Waals surface area (Å²) in [6.45, 7) is 6.61. The Morgan fingerprint density at radius 2 is 2.21 bits per heavy atom. The van der Waals surface area contributed by atoms with E-state index in [1.165, 1.54) is 0 Å². The summed E-state index contributed by atoms with van der Waals surface area (Å²) in [7, 11) is 1.88. The summed E-state index contributed by atoms with van der Waals surface area (Å²) in [4.78, 5) is 15.5. The molecule has 1 fully saturated rings. The molecule has 1 saturated heterocycles. The first-order chi connectivity index (χ1) is 6.57. The summed E-state index contributed by atoms with van der Waals surface area (Å²) in [5.74, 6) is 0.520. The summed E-state index contributed by atoms with van der Waals surface area (Å²) < 4.78 is 0. The minimum atomic E-state index is 0.150. The Bertz CT molecular complexity index is 206. The Labute approximate surface area is 86.0 Å². The van der Waals surface area contributed by atoms with Gasteiger partial charge in [0, 0.05) is 20.1 Å². The third kappa shape index (κ3) is 2.18. The number of hydrogen-bond acceptors (Lipinski definition) is 2. The van der Waals surface area contributed by atoms with Gasteiger partial charge in [0.25, 0.3) is 0 Å². The normalized spacial score (nSPS) is 22.6. The van der Waals surface area contributed by atoms with Gasteiger partial charge in [-0.3, -0.25) is 0 Å². The highest BCUT2D eigenvalue weighted by Gasteiger charge is 2.35. The van der Waals surface area contributed by atoms with Crippen LogP contribution < -0.4 is 5.73 Å². The number of likely N-dealkylation sites (N-methyl/N-ethyl adjacent to an activating group) is 1. The number of nitrogens with zero attached hydrogens (tertiary/aromatic N) is 2. The quantitative estimate of drug-likeness (QED) is 0.725. The van der Waals surface area contributed by atoms with Gasteiger partial charge in [0.1, 0.15) is 0 Å². The number of carbonyl (C=O) groups is 1.